The number of nitrogens with zero attached hydrogens (tertiary/aromatic N) is 1. The molecule has 1 fully saturated rings. The van der Waals surface area contributed by atoms with Crippen LogP contribution in [0.25, 0.3) is 0 Å². The Morgan fingerprint density at radius 1 is 1.27 bits per heavy atom. The number of fused-ring (bicyclic) bond motifs is 1. The van der Waals surface area contributed by atoms with Crippen LogP contribution in [0, 0.1) is 5.92 Å². The lowest BCUT2D eigenvalue weighted by Gasteiger charge is -2.31. The van der Waals surface area contributed by atoms with Gasteiger partial charge in [0.2, 0.25) is 5.91 Å². The minimum atomic E-state index is -3.51. The minimum absolute atomic E-state index is 0.0166. The van der Waals surface area contributed by atoms with Gasteiger partial charge in [0.1, 0.15) is 5.84 Å². The number of nitrogens with two attached hydrogens (primary N) is 1. The number of nitrogens with one attached hydrogen (secondary N) is 2. The van der Waals surface area contributed by atoms with Crippen molar-refractivity contribution in [3.8, 4) is 0 Å². The molecule has 7 nitrogen and oxygen atoms in total. The van der Waals surface area contributed by atoms with Crippen LogP contribution in [0.4, 0.5) is 0 Å². The van der Waals surface area contributed by atoms with Crippen molar-refractivity contribution >= 4 is 21.8 Å². The molecule has 1 heterocycles. The van der Waals surface area contributed by atoms with Crippen molar-refractivity contribution in [1.82, 2.24) is 10.0 Å². The van der Waals surface area contributed by atoms with Crippen LogP contribution in [0.2, 0.25) is 0 Å². The summed E-state index contributed by atoms with van der Waals surface area (Å²) in [5.41, 5.74) is 6.38. The number of amidine groups is 1. The standard InChI is InChI=1S/C18H26N4O3S/c19-12-13-6-1-3-8-15(13)21-17(23)10-5-11-20-18-14-7-2-4-9-16(14)26(24,25)22-18/h2,4,7,9,13,15H,1,3,5-6,8,10-12,19H2,(H,20,22)(H,21,23). The first-order chi connectivity index (χ1) is 12.5. The summed E-state index contributed by atoms with van der Waals surface area (Å²) in [6, 6.07) is 6.94. The van der Waals surface area contributed by atoms with Gasteiger partial charge in [-0.15, -0.1) is 0 Å². The Labute approximate surface area is 154 Å². The number of sulfonamides is 1. The van der Waals surface area contributed by atoms with Crippen molar-refractivity contribution in [1.29, 1.82) is 0 Å². The fraction of sp³-hybridized carbons (Fsp3) is 0.556. The summed E-state index contributed by atoms with van der Waals surface area (Å²) in [5, 5.41) is 3.10. The second kappa shape index (κ2) is 8.18. The fourth-order valence-corrected chi connectivity index (χ4v) is 4.89. The summed E-state index contributed by atoms with van der Waals surface area (Å²) in [4.78, 5) is 16.7. The number of carbonyl (C=O) groups is 1. The number of benzene rings is 1. The van der Waals surface area contributed by atoms with Crippen LogP contribution in [0.3, 0.4) is 0 Å². The Kier molecular flexibility index (Phi) is 5.93. The molecule has 0 saturated heterocycles. The summed E-state index contributed by atoms with van der Waals surface area (Å²) < 4.78 is 26.5. The third-order valence-corrected chi connectivity index (χ3v) is 6.45. The molecule has 26 heavy (non-hydrogen) atoms. The molecule has 0 aromatic heterocycles. The average Bonchev–Trinajstić information content (AvgIpc) is 2.90. The lowest BCUT2D eigenvalue weighted by molar-refractivity contribution is -0.122. The van der Waals surface area contributed by atoms with E-state index in [-0.39, 0.29) is 16.8 Å². The molecule has 1 aliphatic carbocycles. The van der Waals surface area contributed by atoms with Crippen molar-refractivity contribution < 1.29 is 13.2 Å². The van der Waals surface area contributed by atoms with Crippen molar-refractivity contribution in [3.05, 3.63) is 29.8 Å². The Morgan fingerprint density at radius 2 is 2.04 bits per heavy atom. The molecule has 1 aromatic rings. The van der Waals surface area contributed by atoms with Gasteiger partial charge in [-0.2, -0.15) is 0 Å². The number of hydrogen-bond donors (Lipinski definition) is 3. The topological polar surface area (TPSA) is 114 Å². The lowest BCUT2D eigenvalue weighted by Crippen LogP contribution is -2.44. The van der Waals surface area contributed by atoms with Gasteiger partial charge in [0.25, 0.3) is 10.0 Å². The number of hydrogen-bond acceptors (Lipinski definition) is 5. The van der Waals surface area contributed by atoms with Gasteiger partial charge >= 0.3 is 0 Å². The second-order valence-electron chi connectivity index (χ2n) is 6.89. The first-order valence-electron chi connectivity index (χ1n) is 9.17. The molecule has 1 aromatic carbocycles. The highest BCUT2D eigenvalue weighted by atomic mass is 32.2. The molecule has 142 valence electrons. The van der Waals surface area contributed by atoms with Crippen molar-refractivity contribution in [2.24, 2.45) is 16.6 Å². The second-order valence-corrected chi connectivity index (χ2v) is 8.54. The third kappa shape index (κ3) is 4.24. The molecule has 2 atom stereocenters. The zero-order chi connectivity index (χ0) is 18.6. The van der Waals surface area contributed by atoms with Gasteiger partial charge in [-0.3, -0.25) is 14.5 Å². The maximum absolute atomic E-state index is 12.2. The van der Waals surface area contributed by atoms with E-state index in [2.05, 4.69) is 15.0 Å². The first-order valence-corrected chi connectivity index (χ1v) is 10.7. The van der Waals surface area contributed by atoms with Gasteiger partial charge in [-0.25, -0.2) is 8.42 Å². The molecular weight excluding hydrogens is 352 g/mol. The summed E-state index contributed by atoms with van der Waals surface area (Å²) in [7, 11) is -3.51. The molecule has 1 saturated carbocycles. The van der Waals surface area contributed by atoms with E-state index < -0.39 is 10.0 Å². The summed E-state index contributed by atoms with van der Waals surface area (Å²) in [6.45, 7) is 1.00. The Hall–Kier alpha value is -1.93. The van der Waals surface area contributed by atoms with Gasteiger partial charge < -0.3 is 11.1 Å². The highest BCUT2D eigenvalue weighted by molar-refractivity contribution is 7.90. The SMILES string of the molecule is NCC1CCCCC1NC(=O)CCCN=C1NS(=O)(=O)c2ccccc21. The maximum atomic E-state index is 12.2. The van der Waals surface area contributed by atoms with Crippen molar-refractivity contribution in [2.75, 3.05) is 13.1 Å². The van der Waals surface area contributed by atoms with Crippen molar-refractivity contribution in [2.45, 2.75) is 49.5 Å². The minimum Gasteiger partial charge on any atom is -0.353 e. The van der Waals surface area contributed by atoms with E-state index in [1.807, 2.05) is 0 Å². The quantitative estimate of drug-likeness (QED) is 0.644. The number of aliphatic imine (C=N–C) groups is 1. The lowest BCUT2D eigenvalue weighted by atomic mass is 9.84. The smallest absolute Gasteiger partial charge is 0.263 e. The van der Waals surface area contributed by atoms with Crippen LogP contribution in [0.5, 0.6) is 0 Å². The van der Waals surface area contributed by atoms with E-state index in [0.717, 1.165) is 19.3 Å². The summed E-state index contributed by atoms with van der Waals surface area (Å²) in [5.74, 6) is 0.747. The number of carbonyl (C=O) groups excluding carboxylic acids is 1. The fourth-order valence-electron chi connectivity index (χ4n) is 3.64. The van der Waals surface area contributed by atoms with Crippen LogP contribution in [-0.4, -0.2) is 39.3 Å². The highest BCUT2D eigenvalue weighted by Gasteiger charge is 2.30. The summed E-state index contributed by atoms with van der Waals surface area (Å²) >= 11 is 0. The van der Waals surface area contributed by atoms with Crippen LogP contribution < -0.4 is 15.8 Å². The molecule has 0 bridgehead atoms. The molecule has 2 unspecified atom stereocenters. The molecule has 8 heteroatoms. The van der Waals surface area contributed by atoms with Gasteiger partial charge in [0.05, 0.1) is 4.90 Å². The number of amides is 1. The van der Waals surface area contributed by atoms with Crippen LogP contribution in [-0.2, 0) is 14.8 Å². The molecular formula is C18H26N4O3S. The first kappa shape index (κ1) is 18.8. The van der Waals surface area contributed by atoms with Gasteiger partial charge in [0, 0.05) is 24.6 Å². The Bertz CT molecular complexity index is 791. The Morgan fingerprint density at radius 3 is 2.85 bits per heavy atom. The third-order valence-electron chi connectivity index (χ3n) is 5.05. The van der Waals surface area contributed by atoms with E-state index in [9.17, 15) is 13.2 Å². The number of rotatable bonds is 6. The molecule has 0 radical (unpaired) electrons. The zero-order valence-electron chi connectivity index (χ0n) is 14.8. The predicted octanol–water partition coefficient (Wildman–Crippen LogP) is 1.14. The highest BCUT2D eigenvalue weighted by Crippen LogP contribution is 2.24. The largest absolute Gasteiger partial charge is 0.353 e. The molecule has 0 spiro atoms. The van der Waals surface area contributed by atoms with Gasteiger partial charge in [-0.1, -0.05) is 25.0 Å². The van der Waals surface area contributed by atoms with Gasteiger partial charge in [0.15, 0.2) is 0 Å². The van der Waals surface area contributed by atoms with E-state index >= 15 is 0 Å². The van der Waals surface area contributed by atoms with Crippen LogP contribution in [0.15, 0.2) is 34.2 Å². The maximum Gasteiger partial charge on any atom is 0.263 e. The summed E-state index contributed by atoms with van der Waals surface area (Å²) in [6.07, 6.45) is 5.33. The van der Waals surface area contributed by atoms with E-state index in [1.165, 1.54) is 6.42 Å². The monoisotopic (exact) mass is 378 g/mol. The molecule has 3 rings (SSSR count). The van der Waals surface area contributed by atoms with E-state index in [4.69, 9.17) is 5.73 Å². The molecule has 1 aliphatic heterocycles. The van der Waals surface area contributed by atoms with Crippen molar-refractivity contribution in [3.63, 3.8) is 0 Å². The molecule has 4 N–H and O–H groups in total. The zero-order valence-corrected chi connectivity index (χ0v) is 15.6. The van der Waals surface area contributed by atoms with E-state index in [0.29, 0.717) is 43.2 Å². The van der Waals surface area contributed by atoms with E-state index in [1.54, 1.807) is 24.3 Å². The van der Waals surface area contributed by atoms with Crippen LogP contribution in [0.1, 0.15) is 44.1 Å². The Balaban J connectivity index is 1.50. The predicted molar refractivity (Wildman–Crippen MR) is 100 cm³/mol. The molecule has 2 aliphatic rings. The molecule has 1 amide bonds. The normalized spacial score (nSPS) is 25.5. The van der Waals surface area contributed by atoms with Gasteiger partial charge in [-0.05, 0) is 43.9 Å². The van der Waals surface area contributed by atoms with Crippen LogP contribution >= 0.6 is 0 Å². The average molecular weight is 378 g/mol.